The first-order valence-electron chi connectivity index (χ1n) is 9.54. The predicted molar refractivity (Wildman–Crippen MR) is 106 cm³/mol. The van der Waals surface area contributed by atoms with E-state index in [0.29, 0.717) is 6.54 Å². The highest BCUT2D eigenvalue weighted by Crippen LogP contribution is 2.33. The summed E-state index contributed by atoms with van der Waals surface area (Å²) in [6, 6.07) is 12.4. The van der Waals surface area contributed by atoms with Crippen LogP contribution in [0.5, 0.6) is 11.5 Å². The average Bonchev–Trinajstić information content (AvgIpc) is 2.72. The van der Waals surface area contributed by atoms with Crippen molar-refractivity contribution in [3.63, 3.8) is 0 Å². The molecule has 142 valence electrons. The maximum Gasteiger partial charge on any atom is 0.241 e. The number of carbonyl (C=O) groups excluding carboxylic acids is 1. The summed E-state index contributed by atoms with van der Waals surface area (Å²) in [6.45, 7) is 2.90. The molecule has 2 heterocycles. The number of benzene rings is 2. The van der Waals surface area contributed by atoms with Crippen LogP contribution in [0, 0.1) is 0 Å². The van der Waals surface area contributed by atoms with Crippen molar-refractivity contribution in [2.24, 2.45) is 0 Å². The zero-order chi connectivity index (χ0) is 18.8. The van der Waals surface area contributed by atoms with E-state index in [-0.39, 0.29) is 5.91 Å². The fourth-order valence-corrected chi connectivity index (χ4v) is 4.15. The van der Waals surface area contributed by atoms with Gasteiger partial charge in [0.25, 0.3) is 0 Å². The maximum atomic E-state index is 13.0. The molecule has 0 aromatic heterocycles. The van der Waals surface area contributed by atoms with E-state index in [0.717, 1.165) is 56.1 Å². The van der Waals surface area contributed by atoms with E-state index in [1.54, 1.807) is 14.2 Å². The number of methoxy groups -OCH3 is 2. The molecule has 2 aromatic rings. The van der Waals surface area contributed by atoms with Crippen molar-refractivity contribution in [2.45, 2.75) is 25.8 Å². The monoisotopic (exact) mass is 366 g/mol. The molecule has 27 heavy (non-hydrogen) atoms. The molecule has 0 atom stereocenters. The second-order valence-corrected chi connectivity index (χ2v) is 7.21. The van der Waals surface area contributed by atoms with Crippen LogP contribution in [0.15, 0.2) is 36.4 Å². The van der Waals surface area contributed by atoms with Crippen LogP contribution < -0.4 is 14.4 Å². The van der Waals surface area contributed by atoms with Gasteiger partial charge in [-0.05, 0) is 54.2 Å². The van der Waals surface area contributed by atoms with Gasteiger partial charge in [-0.1, -0.05) is 18.2 Å². The highest BCUT2D eigenvalue weighted by Gasteiger charge is 2.26. The Morgan fingerprint density at radius 1 is 0.963 bits per heavy atom. The number of hydrogen-bond donors (Lipinski definition) is 0. The van der Waals surface area contributed by atoms with Gasteiger partial charge in [-0.25, -0.2) is 0 Å². The van der Waals surface area contributed by atoms with E-state index >= 15 is 0 Å². The maximum absolute atomic E-state index is 13.0. The zero-order valence-corrected chi connectivity index (χ0v) is 16.0. The van der Waals surface area contributed by atoms with Crippen molar-refractivity contribution in [2.75, 3.05) is 38.8 Å². The third-order valence-electron chi connectivity index (χ3n) is 5.57. The van der Waals surface area contributed by atoms with Crippen LogP contribution >= 0.6 is 0 Å². The van der Waals surface area contributed by atoms with Gasteiger partial charge in [0, 0.05) is 25.3 Å². The first kappa shape index (κ1) is 17.9. The molecule has 2 aliphatic rings. The van der Waals surface area contributed by atoms with Crippen LogP contribution in [0.1, 0.15) is 23.1 Å². The summed E-state index contributed by atoms with van der Waals surface area (Å²) in [4.78, 5) is 17.2. The molecule has 0 radical (unpaired) electrons. The number of carbonyl (C=O) groups is 1. The molecule has 0 saturated carbocycles. The zero-order valence-electron chi connectivity index (χ0n) is 16.0. The van der Waals surface area contributed by atoms with E-state index in [4.69, 9.17) is 9.47 Å². The summed E-state index contributed by atoms with van der Waals surface area (Å²) in [5.41, 5.74) is 4.85. The first-order valence-corrected chi connectivity index (χ1v) is 9.54. The van der Waals surface area contributed by atoms with Gasteiger partial charge in [-0.2, -0.15) is 0 Å². The Morgan fingerprint density at radius 3 is 2.48 bits per heavy atom. The largest absolute Gasteiger partial charge is 0.493 e. The van der Waals surface area contributed by atoms with Gasteiger partial charge in [0.1, 0.15) is 0 Å². The summed E-state index contributed by atoms with van der Waals surface area (Å²) in [6.07, 6.45) is 3.00. The van der Waals surface area contributed by atoms with Crippen LogP contribution in [0.25, 0.3) is 0 Å². The molecule has 0 bridgehead atoms. The summed E-state index contributed by atoms with van der Waals surface area (Å²) >= 11 is 0. The third kappa shape index (κ3) is 3.52. The Labute approximate surface area is 160 Å². The number of nitrogens with zero attached hydrogens (tertiary/aromatic N) is 2. The molecule has 0 N–H and O–H groups in total. The smallest absolute Gasteiger partial charge is 0.241 e. The van der Waals surface area contributed by atoms with Crippen molar-refractivity contribution < 1.29 is 14.3 Å². The Balaban J connectivity index is 1.48. The first-order chi connectivity index (χ1) is 13.2. The molecule has 4 rings (SSSR count). The van der Waals surface area contributed by atoms with Gasteiger partial charge in [-0.3, -0.25) is 9.69 Å². The van der Waals surface area contributed by atoms with Crippen LogP contribution in [-0.4, -0.2) is 44.7 Å². The molecule has 2 aliphatic heterocycles. The number of ether oxygens (including phenoxy) is 2. The van der Waals surface area contributed by atoms with Crippen molar-refractivity contribution in [1.82, 2.24) is 4.90 Å². The highest BCUT2D eigenvalue weighted by atomic mass is 16.5. The summed E-state index contributed by atoms with van der Waals surface area (Å²) < 4.78 is 10.8. The number of aryl methyl sites for hydroxylation is 1. The summed E-state index contributed by atoms with van der Waals surface area (Å²) in [5, 5.41) is 0. The van der Waals surface area contributed by atoms with Gasteiger partial charge in [0.15, 0.2) is 11.5 Å². The number of fused-ring (bicyclic) bond motifs is 2. The van der Waals surface area contributed by atoms with E-state index in [1.165, 1.54) is 16.7 Å². The molecule has 0 unspecified atom stereocenters. The predicted octanol–water partition coefficient (Wildman–Crippen LogP) is 3.04. The quantitative estimate of drug-likeness (QED) is 0.834. The van der Waals surface area contributed by atoms with Crippen LogP contribution in [0.4, 0.5) is 5.69 Å². The highest BCUT2D eigenvalue weighted by molar-refractivity contribution is 5.96. The summed E-state index contributed by atoms with van der Waals surface area (Å²) in [5.74, 6) is 1.70. The Kier molecular flexibility index (Phi) is 5.03. The lowest BCUT2D eigenvalue weighted by Crippen LogP contribution is -2.44. The van der Waals surface area contributed by atoms with E-state index in [2.05, 4.69) is 29.2 Å². The van der Waals surface area contributed by atoms with Crippen LogP contribution in [0.2, 0.25) is 0 Å². The fraction of sp³-hybridized carbons (Fsp3) is 0.409. The Morgan fingerprint density at radius 2 is 1.70 bits per heavy atom. The lowest BCUT2D eigenvalue weighted by atomic mass is 9.98. The van der Waals surface area contributed by atoms with Gasteiger partial charge < -0.3 is 14.4 Å². The van der Waals surface area contributed by atoms with Crippen LogP contribution in [-0.2, 0) is 24.2 Å². The molecule has 0 saturated heterocycles. The lowest BCUT2D eigenvalue weighted by Gasteiger charge is -2.33. The SMILES string of the molecule is COc1cc2c(cc1OC)CN(CC(=O)N1CCCc3ccccc31)CC2. The molecule has 0 fully saturated rings. The minimum atomic E-state index is 0.186. The minimum absolute atomic E-state index is 0.186. The van der Waals surface area contributed by atoms with E-state index in [9.17, 15) is 4.79 Å². The number of para-hydroxylation sites is 1. The van der Waals surface area contributed by atoms with Gasteiger partial charge in [0.05, 0.1) is 20.8 Å². The van der Waals surface area contributed by atoms with E-state index in [1.807, 2.05) is 17.0 Å². The Bertz CT molecular complexity index is 849. The van der Waals surface area contributed by atoms with Gasteiger partial charge in [-0.15, -0.1) is 0 Å². The topological polar surface area (TPSA) is 42.0 Å². The van der Waals surface area contributed by atoms with Crippen LogP contribution in [0.3, 0.4) is 0 Å². The van der Waals surface area contributed by atoms with Gasteiger partial charge in [0.2, 0.25) is 5.91 Å². The average molecular weight is 366 g/mol. The minimum Gasteiger partial charge on any atom is -0.493 e. The summed E-state index contributed by atoms with van der Waals surface area (Å²) in [7, 11) is 3.32. The third-order valence-corrected chi connectivity index (χ3v) is 5.57. The normalized spacial score (nSPS) is 16.4. The van der Waals surface area contributed by atoms with Crippen molar-refractivity contribution in [1.29, 1.82) is 0 Å². The number of anilines is 1. The fourth-order valence-electron chi connectivity index (χ4n) is 4.15. The van der Waals surface area contributed by atoms with E-state index < -0.39 is 0 Å². The molecular weight excluding hydrogens is 340 g/mol. The Hall–Kier alpha value is -2.53. The molecule has 0 aliphatic carbocycles. The van der Waals surface area contributed by atoms with Gasteiger partial charge >= 0.3 is 0 Å². The van der Waals surface area contributed by atoms with Crippen molar-refractivity contribution in [3.05, 3.63) is 53.1 Å². The molecule has 1 amide bonds. The molecule has 2 aromatic carbocycles. The number of amides is 1. The molecule has 5 nitrogen and oxygen atoms in total. The van der Waals surface area contributed by atoms with Crippen molar-refractivity contribution >= 4 is 11.6 Å². The standard InChI is InChI=1S/C22H26N2O3/c1-26-20-12-17-9-11-23(14-18(17)13-21(20)27-2)15-22(25)24-10-5-7-16-6-3-4-8-19(16)24/h3-4,6,8,12-13H,5,7,9-11,14-15H2,1-2H3. The molecular formula is C22H26N2O3. The molecule has 0 spiro atoms. The second-order valence-electron chi connectivity index (χ2n) is 7.21. The second kappa shape index (κ2) is 7.61. The van der Waals surface area contributed by atoms with Crippen molar-refractivity contribution in [3.8, 4) is 11.5 Å². The lowest BCUT2D eigenvalue weighted by molar-refractivity contribution is -0.120. The number of hydrogen-bond acceptors (Lipinski definition) is 4. The molecule has 5 heteroatoms. The number of rotatable bonds is 4.